The average Bonchev–Trinajstić information content (AvgIpc) is 2.87. The van der Waals surface area contributed by atoms with E-state index in [1.807, 2.05) is 109 Å². The lowest BCUT2D eigenvalue weighted by atomic mass is 9.83. The summed E-state index contributed by atoms with van der Waals surface area (Å²) in [7, 11) is -1.57. The molecule has 1 amide bonds. The summed E-state index contributed by atoms with van der Waals surface area (Å²) in [5.41, 5.74) is 2.15. The van der Waals surface area contributed by atoms with Gasteiger partial charge in [-0.3, -0.25) is 4.79 Å². The molecule has 0 unspecified atom stereocenters. The van der Waals surface area contributed by atoms with Crippen LogP contribution in [0.2, 0.25) is 0 Å². The molecular weight excluding hydrogens is 413 g/mol. The molecule has 32 heavy (non-hydrogen) atoms. The molecule has 4 heteroatoms. The number of hydrogen-bond acceptors (Lipinski definition) is 2. The molecule has 4 aromatic carbocycles. The van der Waals surface area contributed by atoms with E-state index in [0.29, 0.717) is 10.6 Å². The highest BCUT2D eigenvalue weighted by Gasteiger charge is 2.51. The lowest BCUT2D eigenvalue weighted by Crippen LogP contribution is -2.48. The highest BCUT2D eigenvalue weighted by molar-refractivity contribution is 7.80. The standard InChI is InChI=1S/C28H24NO2P/c1-29-25-20-12-11-19-24(25)26(21-13-5-2-6-14-21)27(28(29)30)32(31,22-15-7-3-8-16-22)23-17-9-4-10-18-23/h2-20,26-27H,1H3/t26-,27+/m1/s1. The molecule has 158 valence electrons. The molecule has 0 N–H and O–H groups in total. The molecule has 1 aliphatic heterocycles. The smallest absolute Gasteiger partial charge is 0.238 e. The summed E-state index contributed by atoms with van der Waals surface area (Å²) in [5.74, 6) is -0.434. The lowest BCUT2D eigenvalue weighted by molar-refractivity contribution is -0.118. The largest absolute Gasteiger partial charge is 0.315 e. The van der Waals surface area contributed by atoms with E-state index in [1.165, 1.54) is 0 Å². The van der Waals surface area contributed by atoms with Crippen molar-refractivity contribution < 1.29 is 9.36 Å². The molecule has 0 radical (unpaired) electrons. The van der Waals surface area contributed by atoms with Crippen LogP contribution in [0.15, 0.2) is 115 Å². The predicted octanol–water partition coefficient (Wildman–Crippen LogP) is 5.18. The number of benzene rings is 4. The molecule has 4 aromatic rings. The first-order valence-corrected chi connectivity index (χ1v) is 12.5. The van der Waals surface area contributed by atoms with Crippen LogP contribution in [0.4, 0.5) is 5.69 Å². The third-order valence-electron chi connectivity index (χ3n) is 6.36. The Bertz CT molecular complexity index is 1250. The fourth-order valence-electron chi connectivity index (χ4n) is 4.84. The third-order valence-corrected chi connectivity index (χ3v) is 9.80. The molecule has 0 bridgehead atoms. The fourth-order valence-corrected chi connectivity index (χ4v) is 8.25. The third kappa shape index (κ3) is 3.21. The first-order chi connectivity index (χ1) is 15.6. The van der Waals surface area contributed by atoms with E-state index in [0.717, 1.165) is 16.8 Å². The molecule has 3 nitrogen and oxygen atoms in total. The van der Waals surface area contributed by atoms with Gasteiger partial charge in [0.25, 0.3) is 0 Å². The molecule has 5 rings (SSSR count). The molecule has 0 aromatic heterocycles. The Kier molecular flexibility index (Phi) is 5.28. The number of anilines is 1. The lowest BCUT2D eigenvalue weighted by Gasteiger charge is -2.41. The maximum absolute atomic E-state index is 15.3. The Morgan fingerprint density at radius 3 is 1.69 bits per heavy atom. The maximum atomic E-state index is 15.3. The summed E-state index contributed by atoms with van der Waals surface area (Å²) >= 11 is 0. The number of para-hydroxylation sites is 1. The van der Waals surface area contributed by atoms with Crippen molar-refractivity contribution >= 4 is 29.3 Å². The van der Waals surface area contributed by atoms with Gasteiger partial charge in [0, 0.05) is 29.3 Å². The van der Waals surface area contributed by atoms with Crippen LogP contribution in [0.5, 0.6) is 0 Å². The molecule has 0 aliphatic carbocycles. The Morgan fingerprint density at radius 1 is 0.656 bits per heavy atom. The molecule has 0 spiro atoms. The molecule has 0 saturated carbocycles. The number of carbonyl (C=O) groups excluding carboxylic acids is 1. The Labute approximate surface area is 188 Å². The van der Waals surface area contributed by atoms with E-state index in [1.54, 1.807) is 11.9 Å². The van der Waals surface area contributed by atoms with Crippen molar-refractivity contribution in [3.8, 4) is 0 Å². The first-order valence-electron chi connectivity index (χ1n) is 10.7. The van der Waals surface area contributed by atoms with Crippen molar-refractivity contribution in [1.82, 2.24) is 0 Å². The van der Waals surface area contributed by atoms with Crippen molar-refractivity contribution in [2.75, 3.05) is 11.9 Å². The summed E-state index contributed by atoms with van der Waals surface area (Å²) in [5, 5.41) is 1.41. The van der Waals surface area contributed by atoms with Gasteiger partial charge in [-0.15, -0.1) is 0 Å². The van der Waals surface area contributed by atoms with Gasteiger partial charge in [-0.2, -0.15) is 0 Å². The molecule has 1 heterocycles. The Morgan fingerprint density at radius 2 is 1.12 bits per heavy atom. The number of carbonyl (C=O) groups is 1. The van der Waals surface area contributed by atoms with Gasteiger partial charge in [0.05, 0.1) is 0 Å². The van der Waals surface area contributed by atoms with E-state index in [9.17, 15) is 4.79 Å². The number of amides is 1. The van der Waals surface area contributed by atoms with Crippen LogP contribution in [-0.2, 0) is 9.36 Å². The Hall–Kier alpha value is -3.42. The number of nitrogens with zero attached hydrogens (tertiary/aromatic N) is 1. The van der Waals surface area contributed by atoms with Gasteiger partial charge < -0.3 is 9.46 Å². The van der Waals surface area contributed by atoms with Gasteiger partial charge in [-0.05, 0) is 17.2 Å². The molecule has 0 saturated heterocycles. The van der Waals surface area contributed by atoms with Gasteiger partial charge in [0.15, 0.2) is 7.14 Å². The summed E-state index contributed by atoms with van der Waals surface area (Å²) in [6, 6.07) is 36.9. The zero-order chi connectivity index (χ0) is 22.1. The topological polar surface area (TPSA) is 37.4 Å². The summed E-state index contributed by atoms with van der Waals surface area (Å²) < 4.78 is 15.3. The van der Waals surface area contributed by atoms with Crippen molar-refractivity contribution in [3.05, 3.63) is 126 Å². The van der Waals surface area contributed by atoms with Gasteiger partial charge in [-0.25, -0.2) is 0 Å². The number of rotatable bonds is 4. The van der Waals surface area contributed by atoms with Gasteiger partial charge >= 0.3 is 0 Å². The normalized spacial score (nSPS) is 18.3. The van der Waals surface area contributed by atoms with Crippen LogP contribution < -0.4 is 15.5 Å². The van der Waals surface area contributed by atoms with Crippen LogP contribution >= 0.6 is 7.14 Å². The second-order valence-corrected chi connectivity index (χ2v) is 11.0. The first kappa shape index (κ1) is 20.5. The maximum Gasteiger partial charge on any atom is 0.238 e. The van der Waals surface area contributed by atoms with Gasteiger partial charge in [0.1, 0.15) is 5.66 Å². The molecular formula is C28H24NO2P. The van der Waals surface area contributed by atoms with E-state index < -0.39 is 12.8 Å². The zero-order valence-electron chi connectivity index (χ0n) is 17.8. The Balaban J connectivity index is 1.84. The minimum absolute atomic E-state index is 0.117. The number of fused-ring (bicyclic) bond motifs is 1. The van der Waals surface area contributed by atoms with Crippen molar-refractivity contribution in [2.45, 2.75) is 11.6 Å². The minimum Gasteiger partial charge on any atom is -0.315 e. The molecule has 0 fully saturated rings. The van der Waals surface area contributed by atoms with Gasteiger partial charge in [0.2, 0.25) is 5.91 Å². The highest BCUT2D eigenvalue weighted by Crippen LogP contribution is 2.58. The highest BCUT2D eigenvalue weighted by atomic mass is 31.2. The SMILES string of the molecule is CN1C(=O)[C@@H](P(=O)(c2ccccc2)c2ccccc2)[C@H](c2ccccc2)c2ccccc21. The van der Waals surface area contributed by atoms with Crippen LogP contribution in [-0.4, -0.2) is 18.6 Å². The van der Waals surface area contributed by atoms with E-state index in [2.05, 4.69) is 6.07 Å². The quantitative estimate of drug-likeness (QED) is 0.413. The van der Waals surface area contributed by atoms with Crippen LogP contribution in [0.3, 0.4) is 0 Å². The van der Waals surface area contributed by atoms with E-state index in [4.69, 9.17) is 0 Å². The minimum atomic E-state index is -3.36. The monoisotopic (exact) mass is 437 g/mol. The predicted molar refractivity (Wildman–Crippen MR) is 132 cm³/mol. The average molecular weight is 437 g/mol. The molecule has 1 aliphatic rings. The van der Waals surface area contributed by atoms with Gasteiger partial charge in [-0.1, -0.05) is 109 Å². The fraction of sp³-hybridized carbons (Fsp3) is 0.107. The van der Waals surface area contributed by atoms with Crippen LogP contribution in [0.1, 0.15) is 17.0 Å². The second-order valence-electron chi connectivity index (χ2n) is 8.12. The van der Waals surface area contributed by atoms with Crippen molar-refractivity contribution in [1.29, 1.82) is 0 Å². The van der Waals surface area contributed by atoms with Crippen molar-refractivity contribution in [3.63, 3.8) is 0 Å². The van der Waals surface area contributed by atoms with Crippen LogP contribution in [0, 0.1) is 0 Å². The second kappa shape index (κ2) is 8.26. The number of hydrogen-bond donors (Lipinski definition) is 0. The van der Waals surface area contributed by atoms with Crippen LogP contribution in [0.25, 0.3) is 0 Å². The molecule has 2 atom stereocenters. The summed E-state index contributed by atoms with van der Waals surface area (Å²) in [6.07, 6.45) is 0. The zero-order valence-corrected chi connectivity index (χ0v) is 18.7. The van der Waals surface area contributed by atoms with Crippen molar-refractivity contribution in [2.24, 2.45) is 0 Å². The summed E-state index contributed by atoms with van der Waals surface area (Å²) in [4.78, 5) is 15.7. The van der Waals surface area contributed by atoms with E-state index in [-0.39, 0.29) is 11.8 Å². The summed E-state index contributed by atoms with van der Waals surface area (Å²) in [6.45, 7) is 0. The van der Waals surface area contributed by atoms with E-state index >= 15 is 4.57 Å².